The van der Waals surface area contributed by atoms with Crippen molar-refractivity contribution in [2.75, 3.05) is 49.1 Å². The summed E-state index contributed by atoms with van der Waals surface area (Å²) in [4.78, 5) is 27.7. The smallest absolute Gasteiger partial charge is 0.409 e. The van der Waals surface area contributed by atoms with E-state index in [1.54, 1.807) is 4.90 Å². The van der Waals surface area contributed by atoms with Crippen molar-refractivity contribution in [3.63, 3.8) is 0 Å². The Morgan fingerprint density at radius 1 is 1.04 bits per heavy atom. The Balaban J connectivity index is 1.47. The van der Waals surface area contributed by atoms with Crippen molar-refractivity contribution in [1.29, 1.82) is 0 Å². The molecule has 0 atom stereocenters. The number of carbonyl (C=O) groups is 1. The average Bonchev–Trinajstić information content (AvgIpc) is 2.73. The van der Waals surface area contributed by atoms with Crippen LogP contribution >= 0.6 is 0 Å². The Bertz CT molecular complexity index is 848. The van der Waals surface area contributed by atoms with Crippen LogP contribution in [-0.4, -0.2) is 60.3 Å². The van der Waals surface area contributed by atoms with Crippen LogP contribution < -0.4 is 9.80 Å². The third-order valence-electron chi connectivity index (χ3n) is 5.37. The summed E-state index contributed by atoms with van der Waals surface area (Å²) in [5.41, 5.74) is 3.76. The van der Waals surface area contributed by atoms with Gasteiger partial charge >= 0.3 is 6.09 Å². The summed E-state index contributed by atoms with van der Waals surface area (Å²) in [6.45, 7) is 8.77. The summed E-state index contributed by atoms with van der Waals surface area (Å²) in [5.74, 6) is 1.72. The molecule has 148 valence electrons. The lowest BCUT2D eigenvalue weighted by Gasteiger charge is -2.35. The van der Waals surface area contributed by atoms with Crippen molar-refractivity contribution in [2.45, 2.75) is 26.8 Å². The summed E-state index contributed by atoms with van der Waals surface area (Å²) in [5, 5.41) is 0. The fourth-order valence-corrected chi connectivity index (χ4v) is 3.84. The van der Waals surface area contributed by atoms with Crippen molar-refractivity contribution in [2.24, 2.45) is 0 Å². The second kappa shape index (κ2) is 8.04. The van der Waals surface area contributed by atoms with E-state index in [4.69, 9.17) is 9.72 Å². The zero-order valence-electron chi connectivity index (χ0n) is 16.6. The number of benzene rings is 1. The summed E-state index contributed by atoms with van der Waals surface area (Å²) in [7, 11) is 0. The van der Waals surface area contributed by atoms with E-state index in [1.807, 2.05) is 13.8 Å². The van der Waals surface area contributed by atoms with E-state index in [0.29, 0.717) is 32.8 Å². The van der Waals surface area contributed by atoms with Crippen molar-refractivity contribution in [3.05, 3.63) is 47.2 Å². The number of piperazine rings is 1. The number of amides is 1. The number of fused-ring (bicyclic) bond motifs is 1. The van der Waals surface area contributed by atoms with Crippen molar-refractivity contribution in [3.8, 4) is 0 Å². The highest BCUT2D eigenvalue weighted by molar-refractivity contribution is 5.68. The zero-order valence-corrected chi connectivity index (χ0v) is 16.6. The van der Waals surface area contributed by atoms with Gasteiger partial charge in [0.05, 0.1) is 6.61 Å². The molecule has 7 nitrogen and oxygen atoms in total. The number of ether oxygens (including phenoxy) is 1. The first-order chi connectivity index (χ1) is 13.6. The maximum absolute atomic E-state index is 11.9. The predicted molar refractivity (Wildman–Crippen MR) is 109 cm³/mol. The Hall–Kier alpha value is -2.83. The number of aryl methyl sites for hydroxylation is 1. The molecule has 1 amide bonds. The predicted octanol–water partition coefficient (Wildman–Crippen LogP) is 2.63. The normalized spacial score (nSPS) is 16.7. The van der Waals surface area contributed by atoms with Gasteiger partial charge in [0.15, 0.2) is 0 Å². The first kappa shape index (κ1) is 18.5. The fraction of sp³-hybridized carbons (Fsp3) is 0.476. The van der Waals surface area contributed by atoms with Crippen LogP contribution in [0.3, 0.4) is 0 Å². The summed E-state index contributed by atoms with van der Waals surface area (Å²) in [6.07, 6.45) is 0.798. The van der Waals surface area contributed by atoms with Crippen LogP contribution in [0.2, 0.25) is 0 Å². The molecule has 0 bridgehead atoms. The molecule has 0 unspecified atom stereocenters. The minimum absolute atomic E-state index is 0.236. The highest BCUT2D eigenvalue weighted by Gasteiger charge is 2.25. The van der Waals surface area contributed by atoms with Crippen LogP contribution in [0.4, 0.5) is 16.6 Å². The maximum atomic E-state index is 11.9. The Morgan fingerprint density at radius 3 is 2.54 bits per heavy atom. The molecular weight excluding hydrogens is 354 g/mol. The Kier molecular flexibility index (Phi) is 5.32. The van der Waals surface area contributed by atoms with Crippen LogP contribution in [0.1, 0.15) is 23.7 Å². The van der Waals surface area contributed by atoms with Gasteiger partial charge in [-0.2, -0.15) is 4.98 Å². The van der Waals surface area contributed by atoms with Crippen LogP contribution in [0.25, 0.3) is 0 Å². The lowest BCUT2D eigenvalue weighted by atomic mass is 10.00. The van der Waals surface area contributed by atoms with Gasteiger partial charge in [-0.15, -0.1) is 0 Å². The molecule has 28 heavy (non-hydrogen) atoms. The van der Waals surface area contributed by atoms with Crippen LogP contribution in [0.5, 0.6) is 0 Å². The molecule has 0 saturated carbocycles. The molecule has 1 saturated heterocycles. The van der Waals surface area contributed by atoms with E-state index in [2.05, 4.69) is 45.1 Å². The Labute approximate surface area is 165 Å². The minimum atomic E-state index is -0.236. The number of rotatable bonds is 3. The molecule has 1 fully saturated rings. The number of hydrogen-bond acceptors (Lipinski definition) is 6. The van der Waals surface area contributed by atoms with Gasteiger partial charge in [0.25, 0.3) is 0 Å². The van der Waals surface area contributed by atoms with Crippen LogP contribution in [-0.2, 0) is 17.7 Å². The standard InChI is InChI=1S/C21H27N5O2/c1-3-28-21(27)25-12-10-24(11-13-25)20-22-16(2)14-19(23-20)26-9-8-17-6-4-5-7-18(17)15-26/h4-7,14H,3,8-13,15H2,1-2H3. The molecule has 0 N–H and O–H groups in total. The lowest BCUT2D eigenvalue weighted by molar-refractivity contribution is 0.105. The van der Waals surface area contributed by atoms with E-state index >= 15 is 0 Å². The molecule has 0 radical (unpaired) electrons. The molecule has 7 heteroatoms. The number of anilines is 2. The van der Waals surface area contributed by atoms with Gasteiger partial charge in [0, 0.05) is 51.0 Å². The van der Waals surface area contributed by atoms with Crippen molar-refractivity contribution in [1.82, 2.24) is 14.9 Å². The minimum Gasteiger partial charge on any atom is -0.450 e. The van der Waals surface area contributed by atoms with Crippen LogP contribution in [0.15, 0.2) is 30.3 Å². The van der Waals surface area contributed by atoms with Gasteiger partial charge in [0.1, 0.15) is 5.82 Å². The van der Waals surface area contributed by atoms with Gasteiger partial charge in [-0.05, 0) is 31.4 Å². The fourth-order valence-electron chi connectivity index (χ4n) is 3.84. The summed E-state index contributed by atoms with van der Waals surface area (Å²) < 4.78 is 5.10. The summed E-state index contributed by atoms with van der Waals surface area (Å²) in [6, 6.07) is 10.7. The molecule has 1 aromatic carbocycles. The molecule has 2 aliphatic heterocycles. The SMILES string of the molecule is CCOC(=O)N1CCN(c2nc(C)cc(N3CCc4ccccc4C3)n2)CC1. The van der Waals surface area contributed by atoms with Gasteiger partial charge in [-0.3, -0.25) is 0 Å². The highest BCUT2D eigenvalue weighted by atomic mass is 16.6. The molecular formula is C21H27N5O2. The first-order valence-corrected chi connectivity index (χ1v) is 9.98. The monoisotopic (exact) mass is 381 g/mol. The van der Waals surface area contributed by atoms with E-state index < -0.39 is 0 Å². The topological polar surface area (TPSA) is 61.8 Å². The highest BCUT2D eigenvalue weighted by Crippen LogP contribution is 2.25. The average molecular weight is 381 g/mol. The first-order valence-electron chi connectivity index (χ1n) is 9.98. The van der Waals surface area contributed by atoms with Crippen LogP contribution in [0, 0.1) is 6.92 Å². The number of nitrogens with zero attached hydrogens (tertiary/aromatic N) is 5. The Morgan fingerprint density at radius 2 is 1.79 bits per heavy atom. The second-order valence-electron chi connectivity index (χ2n) is 7.28. The molecule has 2 aromatic rings. The van der Waals surface area contributed by atoms with Crippen molar-refractivity contribution < 1.29 is 9.53 Å². The molecule has 0 aliphatic carbocycles. The van der Waals surface area contributed by atoms with E-state index in [0.717, 1.165) is 37.0 Å². The third kappa shape index (κ3) is 3.88. The molecule has 4 rings (SSSR count). The lowest BCUT2D eigenvalue weighted by Crippen LogP contribution is -2.49. The third-order valence-corrected chi connectivity index (χ3v) is 5.37. The van der Waals surface area contributed by atoms with E-state index in [-0.39, 0.29) is 6.09 Å². The number of aromatic nitrogens is 2. The van der Waals surface area contributed by atoms with Gasteiger partial charge in [-0.1, -0.05) is 24.3 Å². The molecule has 3 heterocycles. The van der Waals surface area contributed by atoms with E-state index in [9.17, 15) is 4.79 Å². The van der Waals surface area contributed by atoms with Crippen molar-refractivity contribution >= 4 is 17.9 Å². The van der Waals surface area contributed by atoms with Gasteiger partial charge in [-0.25, -0.2) is 9.78 Å². The number of hydrogen-bond donors (Lipinski definition) is 0. The molecule has 2 aliphatic rings. The molecule has 1 aromatic heterocycles. The maximum Gasteiger partial charge on any atom is 0.409 e. The van der Waals surface area contributed by atoms with Gasteiger partial charge < -0.3 is 19.4 Å². The summed E-state index contributed by atoms with van der Waals surface area (Å²) >= 11 is 0. The molecule has 0 spiro atoms. The largest absolute Gasteiger partial charge is 0.450 e. The zero-order chi connectivity index (χ0) is 19.5. The van der Waals surface area contributed by atoms with Gasteiger partial charge in [0.2, 0.25) is 5.95 Å². The second-order valence-corrected chi connectivity index (χ2v) is 7.28. The number of carbonyl (C=O) groups excluding carboxylic acids is 1. The quantitative estimate of drug-likeness (QED) is 0.815. The van der Waals surface area contributed by atoms with E-state index in [1.165, 1.54) is 11.1 Å².